The molecule has 0 aliphatic carbocycles. The van der Waals surface area contributed by atoms with Crippen LogP contribution >= 0.6 is 0 Å². The first kappa shape index (κ1) is 19.4. The maximum atomic E-state index is 13.3. The van der Waals surface area contributed by atoms with Crippen molar-refractivity contribution >= 4 is 17.3 Å². The van der Waals surface area contributed by atoms with E-state index in [2.05, 4.69) is 0 Å². The molecule has 4 N–H and O–H groups in total. The van der Waals surface area contributed by atoms with Crippen molar-refractivity contribution in [3.05, 3.63) is 23.8 Å². The van der Waals surface area contributed by atoms with Gasteiger partial charge in [-0.1, -0.05) is 13.8 Å². The number of halogens is 2. The van der Waals surface area contributed by atoms with Gasteiger partial charge in [-0.05, 0) is 42.9 Å². The van der Waals surface area contributed by atoms with Gasteiger partial charge in [-0.15, -0.1) is 0 Å². The van der Waals surface area contributed by atoms with Crippen molar-refractivity contribution in [2.45, 2.75) is 51.6 Å². The molecule has 0 radical (unpaired) electrons. The van der Waals surface area contributed by atoms with Gasteiger partial charge < -0.3 is 20.8 Å². The Balaban J connectivity index is 2.08. The van der Waals surface area contributed by atoms with Crippen LogP contribution in [-0.4, -0.2) is 34.9 Å². The van der Waals surface area contributed by atoms with Crippen LogP contribution in [0.25, 0.3) is 0 Å². The predicted molar refractivity (Wildman–Crippen MR) is 92.9 cm³/mol. The number of piperidine rings is 1. The summed E-state index contributed by atoms with van der Waals surface area (Å²) in [6.07, 6.45) is -1.46. The summed E-state index contributed by atoms with van der Waals surface area (Å²) in [6, 6.07) is 4.48. The van der Waals surface area contributed by atoms with Gasteiger partial charge in [0.25, 0.3) is 6.43 Å². The van der Waals surface area contributed by atoms with Crippen molar-refractivity contribution in [2.75, 3.05) is 23.7 Å². The molecule has 7 heteroatoms. The van der Waals surface area contributed by atoms with E-state index in [9.17, 15) is 18.7 Å². The standard InChI is InChI=1S/C18H26F2N2O3/c1-17(2,10-15(23)24)11-18(25)5-7-22(8-6-18)14-4-3-12(21)9-13(14)16(19)20/h3-4,9,16,25H,5-8,10-11,21H2,1-2H3,(H,23,24). The maximum absolute atomic E-state index is 13.3. The van der Waals surface area contributed by atoms with Crippen LogP contribution in [-0.2, 0) is 4.79 Å². The molecule has 1 aliphatic heterocycles. The monoisotopic (exact) mass is 356 g/mol. The molecule has 1 heterocycles. The Hall–Kier alpha value is -1.89. The predicted octanol–water partition coefficient (Wildman–Crippen LogP) is 3.43. The lowest BCUT2D eigenvalue weighted by Crippen LogP contribution is -2.47. The molecule has 1 fully saturated rings. The number of carboxylic acid groups (broad SMARTS) is 1. The summed E-state index contributed by atoms with van der Waals surface area (Å²) < 4.78 is 26.5. The number of anilines is 2. The number of carbonyl (C=O) groups is 1. The second kappa shape index (κ2) is 7.15. The number of alkyl halides is 2. The van der Waals surface area contributed by atoms with E-state index in [-0.39, 0.29) is 12.0 Å². The molecule has 5 nitrogen and oxygen atoms in total. The number of aliphatic hydroxyl groups is 1. The Kier molecular flexibility index (Phi) is 5.56. The Labute approximate surface area is 146 Å². The number of aliphatic carboxylic acids is 1. The van der Waals surface area contributed by atoms with E-state index in [4.69, 9.17) is 10.8 Å². The van der Waals surface area contributed by atoms with E-state index in [0.29, 0.717) is 43.7 Å². The highest BCUT2D eigenvalue weighted by atomic mass is 19.3. The summed E-state index contributed by atoms with van der Waals surface area (Å²) in [5, 5.41) is 19.8. The third-order valence-electron chi connectivity index (χ3n) is 4.76. The second-order valence-electron chi connectivity index (χ2n) is 7.74. The van der Waals surface area contributed by atoms with Crippen molar-refractivity contribution in [1.82, 2.24) is 0 Å². The highest BCUT2D eigenvalue weighted by molar-refractivity contribution is 5.67. The SMILES string of the molecule is CC(C)(CC(=O)O)CC1(O)CCN(c2ccc(N)cc2C(F)F)CC1. The maximum Gasteiger partial charge on any atom is 0.303 e. The molecular weight excluding hydrogens is 330 g/mol. The Bertz CT molecular complexity index is 627. The molecule has 0 bridgehead atoms. The summed E-state index contributed by atoms with van der Waals surface area (Å²) in [5.74, 6) is -0.894. The van der Waals surface area contributed by atoms with E-state index in [1.54, 1.807) is 12.1 Å². The van der Waals surface area contributed by atoms with Crippen molar-refractivity contribution in [1.29, 1.82) is 0 Å². The average molecular weight is 356 g/mol. The quantitative estimate of drug-likeness (QED) is 0.680. The first-order valence-corrected chi connectivity index (χ1v) is 8.38. The van der Waals surface area contributed by atoms with Gasteiger partial charge >= 0.3 is 5.97 Å². The van der Waals surface area contributed by atoms with Crippen molar-refractivity contribution in [3.8, 4) is 0 Å². The van der Waals surface area contributed by atoms with E-state index < -0.39 is 23.4 Å². The van der Waals surface area contributed by atoms with E-state index in [0.717, 1.165) is 0 Å². The lowest BCUT2D eigenvalue weighted by Gasteiger charge is -2.43. The first-order chi connectivity index (χ1) is 11.5. The molecule has 0 aromatic heterocycles. The minimum Gasteiger partial charge on any atom is -0.481 e. The first-order valence-electron chi connectivity index (χ1n) is 8.38. The molecule has 0 amide bonds. The summed E-state index contributed by atoms with van der Waals surface area (Å²) in [6.45, 7) is 4.51. The Morgan fingerprint density at radius 3 is 2.48 bits per heavy atom. The van der Waals surface area contributed by atoms with Crippen molar-refractivity contribution in [2.24, 2.45) is 5.41 Å². The molecule has 25 heavy (non-hydrogen) atoms. The van der Waals surface area contributed by atoms with Gasteiger partial charge in [0.05, 0.1) is 12.0 Å². The number of rotatable bonds is 6. The van der Waals surface area contributed by atoms with Crippen LogP contribution in [0.2, 0.25) is 0 Å². The van der Waals surface area contributed by atoms with E-state index in [1.165, 1.54) is 6.07 Å². The smallest absolute Gasteiger partial charge is 0.303 e. The molecular formula is C18H26F2N2O3. The van der Waals surface area contributed by atoms with Crippen LogP contribution in [0.5, 0.6) is 0 Å². The number of benzene rings is 1. The zero-order valence-electron chi connectivity index (χ0n) is 14.6. The molecule has 2 rings (SSSR count). The van der Waals surface area contributed by atoms with Gasteiger partial charge in [-0.3, -0.25) is 4.79 Å². The molecule has 0 atom stereocenters. The Morgan fingerprint density at radius 1 is 1.36 bits per heavy atom. The summed E-state index contributed by atoms with van der Waals surface area (Å²) >= 11 is 0. The van der Waals surface area contributed by atoms with Crippen molar-refractivity contribution < 1.29 is 23.8 Å². The van der Waals surface area contributed by atoms with Crippen LogP contribution in [0.3, 0.4) is 0 Å². The van der Waals surface area contributed by atoms with Crippen LogP contribution in [0.15, 0.2) is 18.2 Å². The minimum atomic E-state index is -2.62. The van der Waals surface area contributed by atoms with Gasteiger partial charge in [-0.2, -0.15) is 0 Å². The average Bonchev–Trinajstić information content (AvgIpc) is 2.45. The topological polar surface area (TPSA) is 86.8 Å². The fourth-order valence-corrected chi connectivity index (χ4v) is 3.74. The lowest BCUT2D eigenvalue weighted by atomic mass is 9.74. The van der Waals surface area contributed by atoms with Gasteiger partial charge in [0.1, 0.15) is 0 Å². The van der Waals surface area contributed by atoms with E-state index in [1.807, 2.05) is 18.7 Å². The van der Waals surface area contributed by atoms with Crippen LogP contribution in [0.4, 0.5) is 20.2 Å². The second-order valence-corrected chi connectivity index (χ2v) is 7.74. The highest BCUT2D eigenvalue weighted by Gasteiger charge is 2.39. The molecule has 1 saturated heterocycles. The van der Waals surface area contributed by atoms with Crippen molar-refractivity contribution in [3.63, 3.8) is 0 Å². The summed E-state index contributed by atoms with van der Waals surface area (Å²) in [5.41, 5.74) is 4.73. The molecule has 0 spiro atoms. The third kappa shape index (κ3) is 5.04. The Morgan fingerprint density at radius 2 is 1.96 bits per heavy atom. The number of hydrogen-bond acceptors (Lipinski definition) is 4. The van der Waals surface area contributed by atoms with E-state index >= 15 is 0 Å². The normalized spacial score (nSPS) is 17.8. The fraction of sp³-hybridized carbons (Fsp3) is 0.611. The minimum absolute atomic E-state index is 0.0213. The summed E-state index contributed by atoms with van der Waals surface area (Å²) in [7, 11) is 0. The molecule has 1 aromatic rings. The van der Waals surface area contributed by atoms with Crippen LogP contribution < -0.4 is 10.6 Å². The molecule has 1 aliphatic rings. The van der Waals surface area contributed by atoms with Gasteiger partial charge in [0.2, 0.25) is 0 Å². The lowest BCUT2D eigenvalue weighted by molar-refractivity contribution is -0.140. The van der Waals surface area contributed by atoms with Gasteiger partial charge in [0, 0.05) is 30.0 Å². The number of nitrogens with two attached hydrogens (primary N) is 1. The zero-order chi connectivity index (χ0) is 18.8. The largest absolute Gasteiger partial charge is 0.481 e. The summed E-state index contributed by atoms with van der Waals surface area (Å²) in [4.78, 5) is 12.8. The molecule has 0 unspecified atom stereocenters. The molecule has 0 saturated carbocycles. The highest BCUT2D eigenvalue weighted by Crippen LogP contribution is 2.39. The van der Waals surface area contributed by atoms with Gasteiger partial charge in [0.15, 0.2) is 0 Å². The van der Waals surface area contributed by atoms with Crippen LogP contribution in [0, 0.1) is 5.41 Å². The fourth-order valence-electron chi connectivity index (χ4n) is 3.74. The number of hydrogen-bond donors (Lipinski definition) is 3. The molecule has 1 aromatic carbocycles. The third-order valence-corrected chi connectivity index (χ3v) is 4.76. The van der Waals surface area contributed by atoms with Gasteiger partial charge in [-0.25, -0.2) is 8.78 Å². The number of carboxylic acids is 1. The molecule has 140 valence electrons. The van der Waals surface area contributed by atoms with Crippen LogP contribution in [0.1, 0.15) is 51.5 Å². The number of nitrogens with zero attached hydrogens (tertiary/aromatic N) is 1. The zero-order valence-corrected chi connectivity index (χ0v) is 14.6. The number of nitrogen functional groups attached to an aromatic ring is 1.